The van der Waals surface area contributed by atoms with E-state index in [1.54, 1.807) is 0 Å². The van der Waals surface area contributed by atoms with Gasteiger partial charge in [0.2, 0.25) is 0 Å². The maximum absolute atomic E-state index is 0. The zero-order chi connectivity index (χ0) is 0. The van der Waals surface area contributed by atoms with E-state index >= 15 is 0 Å². The average Bonchev–Trinajstić information content (AvgIpc) is 0. The molecule has 0 unspecified atom stereocenters. The van der Waals surface area contributed by atoms with Crippen molar-refractivity contribution in [3.8, 4) is 0 Å². The molecule has 0 atom stereocenters. The minimum Gasteiger partial charge on any atom is -1.00 e. The van der Waals surface area contributed by atoms with Crippen molar-refractivity contribution in [2.75, 3.05) is 0 Å². The van der Waals surface area contributed by atoms with E-state index in [9.17, 15) is 0 Å². The molecule has 0 aliphatic carbocycles. The topological polar surface area (TPSA) is 0 Å². The predicted octanol–water partition coefficient (Wildman–Crippen LogP) is -9.67. The summed E-state index contributed by atoms with van der Waals surface area (Å²) in [6.45, 7) is 0. The maximum atomic E-state index is 0. The van der Waals surface area contributed by atoms with E-state index in [-0.39, 0.29) is 205 Å². The zero-order valence-electron chi connectivity index (χ0n) is 4.39. The Bertz CT molecular complexity index is 6.49. The third-order valence-corrected chi connectivity index (χ3v) is 0. The fourth-order valence-electron chi connectivity index (χ4n) is 0. The van der Waals surface area contributed by atoms with Crippen LogP contribution >= 0.6 is 67.9 Å². The molecule has 0 saturated heterocycles. The number of halogens is 6. The molecule has 0 aromatic rings. The van der Waals surface area contributed by atoms with Gasteiger partial charge in [0.25, 0.3) is 0 Å². The second-order valence-corrected chi connectivity index (χ2v) is 0. The molecule has 0 radical (unpaired) electrons. The molecular weight excluding hydrogens is 558 g/mol. The van der Waals surface area contributed by atoms with Gasteiger partial charge in [0.15, 0.2) is 0 Å². The average molecular weight is 562 g/mol. The van der Waals surface area contributed by atoms with Crippen LogP contribution in [0.1, 0.15) is 0 Å². The quantitative estimate of drug-likeness (QED) is 0.258. The van der Waals surface area contributed by atoms with Gasteiger partial charge in [-0.25, -0.2) is 0 Å². The SMILES string of the molecule is Br.Br.Br.Br.[Br-].[Br-].[K+].[K+]. The van der Waals surface area contributed by atoms with Crippen molar-refractivity contribution in [3.63, 3.8) is 0 Å². The smallest absolute Gasteiger partial charge is 1.00 e. The van der Waals surface area contributed by atoms with E-state index in [4.69, 9.17) is 0 Å². The maximum Gasteiger partial charge on any atom is 1.00 e. The summed E-state index contributed by atoms with van der Waals surface area (Å²) in [5, 5.41) is 0. The summed E-state index contributed by atoms with van der Waals surface area (Å²) >= 11 is 0. The van der Waals surface area contributed by atoms with Crippen molar-refractivity contribution in [3.05, 3.63) is 0 Å². The van der Waals surface area contributed by atoms with Crippen LogP contribution in [0.15, 0.2) is 0 Å². The normalized spacial score (nSPS) is 0. The zero-order valence-corrected chi connectivity index (χ0v) is 20.7. The van der Waals surface area contributed by atoms with E-state index in [0.29, 0.717) is 0 Å². The molecule has 0 N–H and O–H groups in total. The number of rotatable bonds is 0. The van der Waals surface area contributed by atoms with Gasteiger partial charge in [0.1, 0.15) is 0 Å². The summed E-state index contributed by atoms with van der Waals surface area (Å²) in [5.41, 5.74) is 0. The van der Waals surface area contributed by atoms with Crippen LogP contribution in [0.3, 0.4) is 0 Å². The van der Waals surface area contributed by atoms with Gasteiger partial charge in [-0.05, 0) is 0 Å². The first kappa shape index (κ1) is 64.7. The third-order valence-electron chi connectivity index (χ3n) is 0. The second kappa shape index (κ2) is 51.3. The summed E-state index contributed by atoms with van der Waals surface area (Å²) in [7, 11) is 0. The molecule has 0 nitrogen and oxygen atoms in total. The molecule has 0 amide bonds. The van der Waals surface area contributed by atoms with Crippen LogP contribution in [0, 0.1) is 0 Å². The van der Waals surface area contributed by atoms with Gasteiger partial charge in [0, 0.05) is 0 Å². The fourth-order valence-corrected chi connectivity index (χ4v) is 0. The molecule has 48 valence electrons. The Morgan fingerprint density at radius 1 is 0.375 bits per heavy atom. The summed E-state index contributed by atoms with van der Waals surface area (Å²) in [6, 6.07) is 0. The van der Waals surface area contributed by atoms with Crippen LogP contribution in [0.2, 0.25) is 0 Å². The van der Waals surface area contributed by atoms with Crippen LogP contribution in [-0.4, -0.2) is 0 Å². The minimum absolute atomic E-state index is 0. The van der Waals surface area contributed by atoms with Crippen LogP contribution < -0.4 is 137 Å². The third kappa shape index (κ3) is 39.9. The molecule has 0 heterocycles. The first-order valence-corrected chi connectivity index (χ1v) is 0. The van der Waals surface area contributed by atoms with E-state index in [1.807, 2.05) is 0 Å². The van der Waals surface area contributed by atoms with Crippen LogP contribution in [0.5, 0.6) is 0 Å². The predicted molar refractivity (Wildman–Crippen MR) is 41.3 cm³/mol. The minimum atomic E-state index is 0. The largest absolute Gasteiger partial charge is 1.00 e. The van der Waals surface area contributed by atoms with Crippen LogP contribution in [-0.2, 0) is 0 Å². The molecule has 0 aliphatic rings. The van der Waals surface area contributed by atoms with Crippen molar-refractivity contribution in [1.82, 2.24) is 0 Å². The Morgan fingerprint density at radius 2 is 0.375 bits per heavy atom. The molecule has 0 spiro atoms. The Kier molecular flexibility index (Phi) is 415. The molecule has 0 saturated carbocycles. The van der Waals surface area contributed by atoms with Gasteiger partial charge < -0.3 is 34.0 Å². The van der Waals surface area contributed by atoms with Gasteiger partial charge in [-0.15, -0.1) is 67.9 Å². The molecule has 0 aliphatic heterocycles. The van der Waals surface area contributed by atoms with Gasteiger partial charge >= 0.3 is 103 Å². The Labute approximate surface area is 198 Å². The van der Waals surface area contributed by atoms with E-state index in [0.717, 1.165) is 0 Å². The summed E-state index contributed by atoms with van der Waals surface area (Å²) in [6.07, 6.45) is 0. The molecule has 0 aromatic heterocycles. The second-order valence-electron chi connectivity index (χ2n) is 0. The van der Waals surface area contributed by atoms with Crippen molar-refractivity contribution >= 4 is 67.9 Å². The van der Waals surface area contributed by atoms with Gasteiger partial charge in [0.05, 0.1) is 0 Å². The summed E-state index contributed by atoms with van der Waals surface area (Å²) < 4.78 is 0. The van der Waals surface area contributed by atoms with Crippen LogP contribution in [0.4, 0.5) is 0 Å². The molecule has 0 rings (SSSR count). The van der Waals surface area contributed by atoms with E-state index in [1.165, 1.54) is 0 Å². The van der Waals surface area contributed by atoms with Crippen molar-refractivity contribution in [2.24, 2.45) is 0 Å². The molecule has 0 aromatic carbocycles. The first-order valence-electron chi connectivity index (χ1n) is 0. The molecule has 8 heteroatoms. The van der Waals surface area contributed by atoms with Crippen molar-refractivity contribution in [1.29, 1.82) is 0 Å². The summed E-state index contributed by atoms with van der Waals surface area (Å²) in [5.74, 6) is 0. The van der Waals surface area contributed by atoms with Crippen molar-refractivity contribution in [2.45, 2.75) is 0 Å². The molecule has 0 fully saturated rings. The summed E-state index contributed by atoms with van der Waals surface area (Å²) in [4.78, 5) is 0. The van der Waals surface area contributed by atoms with Gasteiger partial charge in [-0.2, -0.15) is 0 Å². The monoisotopic (exact) mass is 555 g/mol. The Balaban J connectivity index is 0. The molecule has 8 heavy (non-hydrogen) atoms. The molecule has 0 bridgehead atoms. The first-order chi connectivity index (χ1) is 0. The van der Waals surface area contributed by atoms with E-state index in [2.05, 4.69) is 0 Å². The fraction of sp³-hybridized carbons (Fsp3) is 0. The molecular formula is H4Br6K2. The van der Waals surface area contributed by atoms with Gasteiger partial charge in [-0.3, -0.25) is 0 Å². The Morgan fingerprint density at radius 3 is 0.375 bits per heavy atom. The number of hydrogen-bond donors (Lipinski definition) is 0. The Hall–Kier alpha value is 6.15. The van der Waals surface area contributed by atoms with E-state index < -0.39 is 0 Å². The van der Waals surface area contributed by atoms with Crippen LogP contribution in [0.25, 0.3) is 0 Å². The van der Waals surface area contributed by atoms with Crippen molar-refractivity contribution < 1.29 is 137 Å². The standard InChI is InChI=1S/6BrH.2K/h6*1H;;/q;;;;;;2*+1/p-2. The number of hydrogen-bond acceptors (Lipinski definition) is 0. The van der Waals surface area contributed by atoms with Gasteiger partial charge in [-0.1, -0.05) is 0 Å².